The summed E-state index contributed by atoms with van der Waals surface area (Å²) in [4.78, 5) is 0. The van der Waals surface area contributed by atoms with Crippen LogP contribution in [0.25, 0.3) is 0 Å². The first-order valence-corrected chi connectivity index (χ1v) is 12.8. The summed E-state index contributed by atoms with van der Waals surface area (Å²) < 4.78 is 12.5. The highest BCUT2D eigenvalue weighted by Crippen LogP contribution is 2.82. The minimum atomic E-state index is -1.18. The van der Waals surface area contributed by atoms with E-state index in [4.69, 9.17) is 9.47 Å². The molecule has 1 saturated heterocycles. The van der Waals surface area contributed by atoms with Gasteiger partial charge in [0.2, 0.25) is 0 Å². The van der Waals surface area contributed by atoms with E-state index in [1.54, 1.807) is 0 Å². The zero-order valence-corrected chi connectivity index (χ0v) is 19.6. The molecular formula is C26H42O4. The van der Waals surface area contributed by atoms with Gasteiger partial charge in [0.25, 0.3) is 0 Å². The van der Waals surface area contributed by atoms with Gasteiger partial charge in [0.05, 0.1) is 12.2 Å². The summed E-state index contributed by atoms with van der Waals surface area (Å²) >= 11 is 0. The van der Waals surface area contributed by atoms with E-state index < -0.39 is 11.4 Å². The first-order valence-electron chi connectivity index (χ1n) is 12.8. The molecule has 5 saturated carbocycles. The molecular weight excluding hydrogens is 376 g/mol. The Morgan fingerprint density at radius 1 is 1.03 bits per heavy atom. The lowest BCUT2D eigenvalue weighted by atomic mass is 9.44. The van der Waals surface area contributed by atoms with Crippen molar-refractivity contribution in [2.75, 3.05) is 7.11 Å². The SMILES string of the molecule is CCC[C@@]1(O)O[C@H]2C[C@H]3[C@@H]4C[C@@H](OC)[C@]56C[C@H]5CC[C@]6(C)[C@H]4CC[C@]3(C)[C@@]2(O)[C@@H]1C. The van der Waals surface area contributed by atoms with E-state index >= 15 is 0 Å². The van der Waals surface area contributed by atoms with Gasteiger partial charge in [0.15, 0.2) is 5.79 Å². The second kappa shape index (κ2) is 5.85. The van der Waals surface area contributed by atoms with E-state index in [0.717, 1.165) is 37.5 Å². The van der Waals surface area contributed by atoms with Crippen LogP contribution in [0.5, 0.6) is 0 Å². The highest BCUT2D eigenvalue weighted by atomic mass is 16.7. The zero-order valence-electron chi connectivity index (χ0n) is 19.6. The summed E-state index contributed by atoms with van der Waals surface area (Å²) in [7, 11) is 1.93. The third-order valence-corrected chi connectivity index (χ3v) is 12.4. The van der Waals surface area contributed by atoms with Gasteiger partial charge in [-0.05, 0) is 74.0 Å². The number of hydrogen-bond acceptors (Lipinski definition) is 4. The summed E-state index contributed by atoms with van der Waals surface area (Å²) in [5.41, 5.74) is -0.272. The third-order valence-electron chi connectivity index (χ3n) is 12.4. The smallest absolute Gasteiger partial charge is 0.171 e. The number of hydrogen-bond donors (Lipinski definition) is 2. The molecule has 0 aromatic heterocycles. The van der Waals surface area contributed by atoms with Gasteiger partial charge >= 0.3 is 0 Å². The van der Waals surface area contributed by atoms with Gasteiger partial charge in [-0.2, -0.15) is 0 Å². The Kier molecular flexibility index (Phi) is 3.98. The third kappa shape index (κ3) is 1.93. The van der Waals surface area contributed by atoms with E-state index in [-0.39, 0.29) is 17.4 Å². The second-order valence-corrected chi connectivity index (χ2v) is 12.7. The molecule has 0 aromatic rings. The van der Waals surface area contributed by atoms with Crippen molar-refractivity contribution in [3.05, 3.63) is 0 Å². The molecule has 0 radical (unpaired) electrons. The summed E-state index contributed by atoms with van der Waals surface area (Å²) in [6, 6.07) is 0. The monoisotopic (exact) mass is 418 g/mol. The van der Waals surface area contributed by atoms with Gasteiger partial charge in [-0.15, -0.1) is 0 Å². The van der Waals surface area contributed by atoms with Gasteiger partial charge in [-0.3, -0.25) is 0 Å². The number of aliphatic hydroxyl groups is 2. The molecule has 5 aliphatic carbocycles. The van der Waals surface area contributed by atoms with Crippen molar-refractivity contribution in [1.82, 2.24) is 0 Å². The van der Waals surface area contributed by atoms with Crippen molar-refractivity contribution in [1.29, 1.82) is 0 Å². The summed E-state index contributed by atoms with van der Waals surface area (Å²) in [6.45, 7) is 9.04. The number of rotatable bonds is 3. The average molecular weight is 419 g/mol. The molecule has 6 fully saturated rings. The van der Waals surface area contributed by atoms with Crippen LogP contribution < -0.4 is 0 Å². The molecule has 6 aliphatic rings. The minimum Gasteiger partial charge on any atom is -0.386 e. The van der Waals surface area contributed by atoms with Crippen LogP contribution in [-0.4, -0.2) is 40.9 Å². The molecule has 0 unspecified atom stereocenters. The standard InChI is InChI=1S/C26H42O4/c1-6-9-25(27)15(2)26(28)21(30-25)13-19-17-12-20(29-5)24-14-16(24)7-10-22(24,3)18(17)8-11-23(19,26)4/h15-21,27-28H,6-14H2,1-5H3/t15-,16-,17-,18+,19+,20-,21+,22-,23+,24+,25-,26-/m1/s1. The van der Waals surface area contributed by atoms with Crippen LogP contribution in [0.15, 0.2) is 0 Å². The fourth-order valence-electron chi connectivity index (χ4n) is 10.8. The first kappa shape index (κ1) is 20.4. The van der Waals surface area contributed by atoms with Crippen molar-refractivity contribution in [2.45, 2.75) is 109 Å². The number of fused-ring (bicyclic) bond motifs is 6. The molecule has 12 atom stereocenters. The van der Waals surface area contributed by atoms with Gasteiger partial charge in [-0.25, -0.2) is 0 Å². The van der Waals surface area contributed by atoms with Crippen LogP contribution >= 0.6 is 0 Å². The molecule has 4 nitrogen and oxygen atoms in total. The first-order chi connectivity index (χ1) is 14.1. The topological polar surface area (TPSA) is 58.9 Å². The van der Waals surface area contributed by atoms with Crippen LogP contribution in [0.3, 0.4) is 0 Å². The van der Waals surface area contributed by atoms with Crippen molar-refractivity contribution < 1.29 is 19.7 Å². The molecule has 30 heavy (non-hydrogen) atoms. The molecule has 2 N–H and O–H groups in total. The fraction of sp³-hybridized carbons (Fsp3) is 1.00. The summed E-state index contributed by atoms with van der Waals surface area (Å²) in [5, 5.41) is 23.5. The van der Waals surface area contributed by atoms with Crippen molar-refractivity contribution in [2.24, 2.45) is 45.8 Å². The molecule has 1 aliphatic heterocycles. The lowest BCUT2D eigenvalue weighted by Gasteiger charge is -2.61. The van der Waals surface area contributed by atoms with Crippen LogP contribution in [0.4, 0.5) is 0 Å². The van der Waals surface area contributed by atoms with Crippen molar-refractivity contribution >= 4 is 0 Å². The van der Waals surface area contributed by atoms with Crippen LogP contribution in [0, 0.1) is 45.8 Å². The lowest BCUT2D eigenvalue weighted by Crippen LogP contribution is -2.61. The average Bonchev–Trinajstić information content (AvgIpc) is 3.24. The van der Waals surface area contributed by atoms with Crippen LogP contribution in [0.2, 0.25) is 0 Å². The highest BCUT2D eigenvalue weighted by Gasteiger charge is 2.80. The predicted octanol–water partition coefficient (Wildman–Crippen LogP) is 4.52. The molecule has 0 bridgehead atoms. The largest absolute Gasteiger partial charge is 0.386 e. The van der Waals surface area contributed by atoms with Crippen LogP contribution in [-0.2, 0) is 9.47 Å². The van der Waals surface area contributed by atoms with Gasteiger partial charge in [0.1, 0.15) is 5.60 Å². The van der Waals surface area contributed by atoms with Crippen molar-refractivity contribution in [3.63, 3.8) is 0 Å². The quantitative estimate of drug-likeness (QED) is 0.708. The maximum atomic E-state index is 12.2. The van der Waals surface area contributed by atoms with E-state index in [2.05, 4.69) is 20.8 Å². The van der Waals surface area contributed by atoms with E-state index in [1.165, 1.54) is 25.7 Å². The summed E-state index contributed by atoms with van der Waals surface area (Å²) in [6.07, 6.45) is 10.1. The zero-order chi connectivity index (χ0) is 21.3. The molecule has 170 valence electrons. The van der Waals surface area contributed by atoms with Gasteiger partial charge in [0, 0.05) is 30.3 Å². The maximum absolute atomic E-state index is 12.2. The Morgan fingerprint density at radius 2 is 1.77 bits per heavy atom. The molecule has 1 spiro atoms. The second-order valence-electron chi connectivity index (χ2n) is 12.7. The van der Waals surface area contributed by atoms with E-state index in [0.29, 0.717) is 35.2 Å². The van der Waals surface area contributed by atoms with Crippen LogP contribution in [0.1, 0.15) is 85.5 Å². The Balaban J connectivity index is 1.37. The molecule has 0 amide bonds. The maximum Gasteiger partial charge on any atom is 0.171 e. The molecule has 0 aromatic carbocycles. The summed E-state index contributed by atoms with van der Waals surface area (Å²) in [5.74, 6) is 1.29. The number of methoxy groups -OCH3 is 1. The van der Waals surface area contributed by atoms with Gasteiger partial charge in [-0.1, -0.05) is 34.1 Å². The number of ether oxygens (including phenoxy) is 2. The predicted molar refractivity (Wildman–Crippen MR) is 115 cm³/mol. The lowest BCUT2D eigenvalue weighted by molar-refractivity contribution is -0.227. The van der Waals surface area contributed by atoms with E-state index in [9.17, 15) is 10.2 Å². The minimum absolute atomic E-state index is 0.183. The normalized spacial score (nSPS) is 65.5. The Bertz CT molecular complexity index is 755. The van der Waals surface area contributed by atoms with Gasteiger partial charge < -0.3 is 19.7 Å². The highest BCUT2D eigenvalue weighted by molar-refractivity contribution is 5.28. The Labute approximate surface area is 182 Å². The van der Waals surface area contributed by atoms with E-state index in [1.807, 2.05) is 14.0 Å². The van der Waals surface area contributed by atoms with Crippen molar-refractivity contribution in [3.8, 4) is 0 Å². The Hall–Kier alpha value is -0.160. The Morgan fingerprint density at radius 3 is 2.43 bits per heavy atom. The fourth-order valence-corrected chi connectivity index (χ4v) is 10.8. The molecule has 1 heterocycles. The molecule has 4 heteroatoms. The molecule has 6 rings (SSSR count).